The molecule has 0 aromatic carbocycles. The van der Waals surface area contributed by atoms with Crippen molar-refractivity contribution in [3.63, 3.8) is 0 Å². The molecule has 0 spiro atoms. The van der Waals surface area contributed by atoms with Crippen molar-refractivity contribution in [2.24, 2.45) is 11.3 Å². The van der Waals surface area contributed by atoms with E-state index in [-0.39, 0.29) is 17.7 Å². The number of rotatable bonds is 6. The number of hydrogen-bond donors (Lipinski definition) is 2. The van der Waals surface area contributed by atoms with Gasteiger partial charge in [0.2, 0.25) is 5.91 Å². The summed E-state index contributed by atoms with van der Waals surface area (Å²) in [6, 6.07) is 0. The number of carbonyl (C=O) groups is 2. The lowest BCUT2D eigenvalue weighted by molar-refractivity contribution is -0.140. The molecule has 2 rings (SSSR count). The van der Waals surface area contributed by atoms with E-state index in [4.69, 9.17) is 5.11 Å². The van der Waals surface area contributed by atoms with Gasteiger partial charge in [0.1, 0.15) is 0 Å². The van der Waals surface area contributed by atoms with Gasteiger partial charge in [-0.2, -0.15) is 11.8 Å². The lowest BCUT2D eigenvalue weighted by atomic mass is 9.79. The van der Waals surface area contributed by atoms with Gasteiger partial charge < -0.3 is 10.4 Å². The van der Waals surface area contributed by atoms with Crippen LogP contribution in [0.25, 0.3) is 0 Å². The van der Waals surface area contributed by atoms with Crippen LogP contribution in [0.3, 0.4) is 0 Å². The molecule has 2 fully saturated rings. The second-order valence-corrected chi connectivity index (χ2v) is 7.54. The summed E-state index contributed by atoms with van der Waals surface area (Å²) in [4.78, 5) is 23.1. The van der Waals surface area contributed by atoms with Crippen molar-refractivity contribution in [3.05, 3.63) is 0 Å². The number of thioether (sulfide) groups is 1. The van der Waals surface area contributed by atoms with E-state index >= 15 is 0 Å². The number of nitrogens with one attached hydrogen (secondary N) is 1. The monoisotopic (exact) mass is 299 g/mol. The number of carboxylic acids is 1. The highest BCUT2D eigenvalue weighted by molar-refractivity contribution is 7.99. The molecule has 4 nitrogen and oxygen atoms in total. The first-order valence-corrected chi connectivity index (χ1v) is 8.81. The molecule has 1 saturated heterocycles. The molecule has 1 aliphatic heterocycles. The van der Waals surface area contributed by atoms with Crippen LogP contribution in [0.2, 0.25) is 0 Å². The van der Waals surface area contributed by atoms with E-state index in [1.807, 2.05) is 11.8 Å². The second kappa shape index (κ2) is 7.34. The minimum atomic E-state index is -0.774. The van der Waals surface area contributed by atoms with Gasteiger partial charge in [0, 0.05) is 13.0 Å². The zero-order chi connectivity index (χ0) is 14.4. The average molecular weight is 299 g/mol. The summed E-state index contributed by atoms with van der Waals surface area (Å²) in [7, 11) is 0. The lowest BCUT2D eigenvalue weighted by Crippen LogP contribution is -2.35. The molecule has 0 unspecified atom stereocenters. The van der Waals surface area contributed by atoms with E-state index in [0.29, 0.717) is 12.3 Å². The summed E-state index contributed by atoms with van der Waals surface area (Å²) in [5.74, 6) is 2.28. The van der Waals surface area contributed by atoms with E-state index in [1.54, 1.807) is 0 Å². The van der Waals surface area contributed by atoms with Gasteiger partial charge in [0.25, 0.3) is 0 Å². The third-order valence-corrected chi connectivity index (χ3v) is 5.70. The highest BCUT2D eigenvalue weighted by Gasteiger charge is 2.37. The van der Waals surface area contributed by atoms with Crippen LogP contribution >= 0.6 is 11.8 Å². The topological polar surface area (TPSA) is 66.4 Å². The zero-order valence-electron chi connectivity index (χ0n) is 12.0. The maximum atomic E-state index is 12.1. The molecule has 0 aromatic rings. The molecule has 2 aliphatic rings. The second-order valence-electron chi connectivity index (χ2n) is 6.31. The van der Waals surface area contributed by atoms with Crippen LogP contribution in [0.15, 0.2) is 0 Å². The van der Waals surface area contributed by atoms with Crippen LogP contribution in [0.5, 0.6) is 0 Å². The Morgan fingerprint density at radius 3 is 2.40 bits per heavy atom. The number of amides is 1. The van der Waals surface area contributed by atoms with Crippen LogP contribution in [0.4, 0.5) is 0 Å². The van der Waals surface area contributed by atoms with E-state index < -0.39 is 5.97 Å². The first-order chi connectivity index (χ1) is 9.60. The summed E-state index contributed by atoms with van der Waals surface area (Å²) in [5, 5.41) is 12.1. The molecular weight excluding hydrogens is 274 g/mol. The van der Waals surface area contributed by atoms with Crippen molar-refractivity contribution in [2.45, 2.75) is 51.4 Å². The van der Waals surface area contributed by atoms with Gasteiger partial charge in [-0.1, -0.05) is 12.8 Å². The van der Waals surface area contributed by atoms with Crippen LogP contribution in [-0.4, -0.2) is 35.0 Å². The first-order valence-electron chi connectivity index (χ1n) is 7.66. The van der Waals surface area contributed by atoms with Gasteiger partial charge in [-0.3, -0.25) is 9.59 Å². The lowest BCUT2D eigenvalue weighted by Gasteiger charge is -2.27. The van der Waals surface area contributed by atoms with Crippen molar-refractivity contribution < 1.29 is 14.7 Å². The molecule has 1 saturated carbocycles. The summed E-state index contributed by atoms with van der Waals surface area (Å²) >= 11 is 1.99. The molecule has 20 heavy (non-hydrogen) atoms. The summed E-state index contributed by atoms with van der Waals surface area (Å²) in [5.41, 5.74) is -0.279. The van der Waals surface area contributed by atoms with Gasteiger partial charge in [0.05, 0.1) is 6.42 Å². The van der Waals surface area contributed by atoms with E-state index in [1.165, 1.54) is 24.3 Å². The van der Waals surface area contributed by atoms with Gasteiger partial charge in [-0.15, -0.1) is 0 Å². The fourth-order valence-electron chi connectivity index (χ4n) is 3.47. The standard InChI is InChI=1S/C15H25NO3S/c17-13(16-11-12-3-7-20-8-4-12)9-15(10-14(18)19)5-1-2-6-15/h12H,1-11H2,(H,16,17)(H,18,19). The highest BCUT2D eigenvalue weighted by Crippen LogP contribution is 2.44. The van der Waals surface area contributed by atoms with Crippen LogP contribution < -0.4 is 5.32 Å². The Balaban J connectivity index is 1.77. The SMILES string of the molecule is O=C(O)CC1(CC(=O)NCC2CCSCC2)CCCC1. The van der Waals surface area contributed by atoms with Crippen molar-refractivity contribution in [1.29, 1.82) is 0 Å². The molecule has 0 bridgehead atoms. The molecule has 0 atom stereocenters. The van der Waals surface area contributed by atoms with Crippen molar-refractivity contribution in [2.75, 3.05) is 18.1 Å². The van der Waals surface area contributed by atoms with Crippen LogP contribution in [0, 0.1) is 11.3 Å². The van der Waals surface area contributed by atoms with E-state index in [0.717, 1.165) is 32.2 Å². The normalized spacial score (nSPS) is 22.6. The molecule has 1 amide bonds. The quantitative estimate of drug-likeness (QED) is 0.791. The van der Waals surface area contributed by atoms with E-state index in [2.05, 4.69) is 5.32 Å². The van der Waals surface area contributed by atoms with Gasteiger partial charge in [-0.25, -0.2) is 0 Å². The summed E-state index contributed by atoms with van der Waals surface area (Å²) < 4.78 is 0. The van der Waals surface area contributed by atoms with Crippen LogP contribution in [0.1, 0.15) is 51.4 Å². The van der Waals surface area contributed by atoms with Crippen LogP contribution in [-0.2, 0) is 9.59 Å². The maximum absolute atomic E-state index is 12.1. The summed E-state index contributed by atoms with van der Waals surface area (Å²) in [6.07, 6.45) is 6.78. The number of carboxylic acid groups (broad SMARTS) is 1. The van der Waals surface area contributed by atoms with Crippen molar-refractivity contribution in [1.82, 2.24) is 5.32 Å². The molecule has 0 radical (unpaired) electrons. The highest BCUT2D eigenvalue weighted by atomic mass is 32.2. The van der Waals surface area contributed by atoms with Gasteiger partial charge in [0.15, 0.2) is 0 Å². The largest absolute Gasteiger partial charge is 0.481 e. The Hall–Kier alpha value is -0.710. The van der Waals surface area contributed by atoms with Crippen molar-refractivity contribution in [3.8, 4) is 0 Å². The minimum absolute atomic E-state index is 0.0476. The Kier molecular flexibility index (Phi) is 5.75. The molecule has 1 heterocycles. The molecule has 114 valence electrons. The number of hydrogen-bond acceptors (Lipinski definition) is 3. The zero-order valence-corrected chi connectivity index (χ0v) is 12.8. The van der Waals surface area contributed by atoms with Gasteiger partial charge in [-0.05, 0) is 48.5 Å². The number of carbonyl (C=O) groups excluding carboxylic acids is 1. The first kappa shape index (κ1) is 15.7. The maximum Gasteiger partial charge on any atom is 0.303 e. The Bertz CT molecular complexity index is 347. The fourth-order valence-corrected chi connectivity index (χ4v) is 4.68. The average Bonchev–Trinajstić information content (AvgIpc) is 2.85. The fraction of sp³-hybridized carbons (Fsp3) is 0.867. The third-order valence-electron chi connectivity index (χ3n) is 4.65. The molecule has 1 aliphatic carbocycles. The smallest absolute Gasteiger partial charge is 0.303 e. The molecule has 5 heteroatoms. The molecule has 2 N–H and O–H groups in total. The Morgan fingerprint density at radius 2 is 1.80 bits per heavy atom. The minimum Gasteiger partial charge on any atom is -0.481 e. The number of aliphatic carboxylic acids is 1. The molecular formula is C15H25NO3S. The van der Waals surface area contributed by atoms with Gasteiger partial charge >= 0.3 is 5.97 Å². The summed E-state index contributed by atoms with van der Waals surface area (Å²) in [6.45, 7) is 0.766. The Labute approximate surface area is 125 Å². The third kappa shape index (κ3) is 4.69. The predicted molar refractivity (Wildman–Crippen MR) is 80.8 cm³/mol. The predicted octanol–water partition coefficient (Wildman–Crippen LogP) is 2.67. The van der Waals surface area contributed by atoms with Crippen molar-refractivity contribution >= 4 is 23.6 Å². The molecule has 0 aromatic heterocycles. The Morgan fingerprint density at radius 1 is 1.15 bits per heavy atom. The van der Waals surface area contributed by atoms with E-state index in [9.17, 15) is 9.59 Å².